The Bertz CT molecular complexity index is 4040. The molecular formula is C42H25N7Na4O14S4. The molecule has 0 unspecified atom stereocenters. The molecule has 71 heavy (non-hydrogen) atoms. The van der Waals surface area contributed by atoms with Crippen LogP contribution in [0.2, 0.25) is 0 Å². The number of hydrogen-bond acceptors (Lipinski definition) is 20. The van der Waals surface area contributed by atoms with Gasteiger partial charge in [-0.1, -0.05) is 42.5 Å². The minimum Gasteiger partial charge on any atom is -0.744 e. The van der Waals surface area contributed by atoms with E-state index in [-0.39, 0.29) is 185 Å². The fraction of sp³-hybridized carbons (Fsp3) is 0.0238. The summed E-state index contributed by atoms with van der Waals surface area (Å²) in [5.74, 6) is -1.10. The fourth-order valence-corrected chi connectivity index (χ4v) is 9.47. The maximum atomic E-state index is 12.3. The average Bonchev–Trinajstić information content (AvgIpc) is 3.25. The predicted octanol–water partition coefficient (Wildman–Crippen LogP) is -3.16. The molecule has 340 valence electrons. The number of hydrogen-bond donors (Lipinski definition) is 2. The van der Waals surface area contributed by atoms with Crippen LogP contribution in [0.3, 0.4) is 0 Å². The van der Waals surface area contributed by atoms with Crippen molar-refractivity contribution in [3.8, 4) is 5.75 Å². The zero-order valence-electron chi connectivity index (χ0n) is 37.6. The molecule has 0 atom stereocenters. The smallest absolute Gasteiger partial charge is 0.744 e. The molecule has 0 aliphatic carbocycles. The van der Waals surface area contributed by atoms with Gasteiger partial charge in [-0.3, -0.25) is 4.79 Å². The number of carbonyl (C=O) groups excluding carboxylic acids is 1. The molecule has 0 aromatic heterocycles. The average molecular weight is 1070 g/mol. The van der Waals surface area contributed by atoms with Gasteiger partial charge in [-0.2, -0.15) is 5.11 Å². The van der Waals surface area contributed by atoms with Crippen molar-refractivity contribution in [2.75, 3.05) is 5.32 Å². The molecule has 0 aliphatic heterocycles. The Labute approximate surface area is 492 Å². The van der Waals surface area contributed by atoms with E-state index in [1.165, 1.54) is 67.6 Å². The van der Waals surface area contributed by atoms with Crippen LogP contribution in [0.15, 0.2) is 172 Å². The predicted molar refractivity (Wildman–Crippen MR) is 236 cm³/mol. The summed E-state index contributed by atoms with van der Waals surface area (Å²) in [6, 6.07) is 25.9. The Kier molecular flexibility index (Phi) is 19.8. The van der Waals surface area contributed by atoms with E-state index in [0.717, 1.165) is 30.3 Å². The summed E-state index contributed by atoms with van der Waals surface area (Å²) in [7, 11) is -20.6. The number of anilines is 1. The van der Waals surface area contributed by atoms with Crippen LogP contribution >= 0.6 is 0 Å². The standard InChI is InChI=1S/C42H29N7O14S4.4Na/c1-22(50)43-25-8-6-24-17-40(67(61,62)63)41(42(51)33(24)18-25)49-48-36-13-12-35(29-4-2-3-5-30(29)36)46-47-38-15-14-37(31-11-10-27(20-34(31)38)64(52,53)54)45-44-26-9-7-23-16-28(65(55,56)57)21-39(32(23)19-26)66(58,59)60;;;;/h2-21,51H,1H3,(H,43,50)(H,52,53,54)(H,55,56,57)(H,58,59,60)(H,61,62,63);;;;/q;4*+1/p-4. The topological polar surface area (TPSA) is 352 Å². The number of nitrogens with one attached hydrogen (secondary N) is 1. The second kappa shape index (κ2) is 23.4. The monoisotopic (exact) mass is 1070 g/mol. The van der Waals surface area contributed by atoms with Gasteiger partial charge >= 0.3 is 118 Å². The minimum atomic E-state index is -5.29. The van der Waals surface area contributed by atoms with Crippen LogP contribution in [0.1, 0.15) is 6.92 Å². The molecule has 0 spiro atoms. The maximum Gasteiger partial charge on any atom is 1.00 e. The molecule has 0 fully saturated rings. The molecule has 29 heteroatoms. The normalized spacial score (nSPS) is 12.2. The van der Waals surface area contributed by atoms with E-state index in [4.69, 9.17) is 0 Å². The third-order valence-corrected chi connectivity index (χ3v) is 13.3. The molecule has 8 aromatic carbocycles. The van der Waals surface area contributed by atoms with Crippen LogP contribution in [0.4, 0.5) is 39.8 Å². The van der Waals surface area contributed by atoms with Crippen LogP contribution in [-0.2, 0) is 45.3 Å². The number of azo groups is 3. The van der Waals surface area contributed by atoms with Crippen molar-refractivity contribution >= 4 is 129 Å². The molecule has 8 aromatic rings. The Morgan fingerprint density at radius 3 is 1.48 bits per heavy atom. The second-order valence-corrected chi connectivity index (χ2v) is 19.8. The Hall–Kier alpha value is -3.49. The number of rotatable bonds is 11. The van der Waals surface area contributed by atoms with Gasteiger partial charge in [0, 0.05) is 44.9 Å². The van der Waals surface area contributed by atoms with Crippen LogP contribution < -0.4 is 124 Å². The van der Waals surface area contributed by atoms with E-state index >= 15 is 0 Å². The molecule has 2 N–H and O–H groups in total. The first-order valence-corrected chi connectivity index (χ1v) is 24.4. The van der Waals surface area contributed by atoms with Crippen molar-refractivity contribution in [1.82, 2.24) is 0 Å². The first kappa shape index (κ1) is 60.1. The number of phenolic OH excluding ortho intramolecular Hbond substituents is 1. The second-order valence-electron chi connectivity index (χ2n) is 14.4. The van der Waals surface area contributed by atoms with Gasteiger partial charge in [0.15, 0.2) is 5.75 Å². The van der Waals surface area contributed by atoms with Crippen molar-refractivity contribution in [2.45, 2.75) is 26.5 Å². The summed E-state index contributed by atoms with van der Waals surface area (Å²) in [5.41, 5.74) is 0.106. The molecule has 0 saturated heterocycles. The largest absolute Gasteiger partial charge is 1.00 e. The summed E-state index contributed by atoms with van der Waals surface area (Å²) < 4.78 is 144. The van der Waals surface area contributed by atoms with Crippen molar-refractivity contribution in [3.63, 3.8) is 0 Å². The molecule has 0 aliphatic rings. The van der Waals surface area contributed by atoms with E-state index in [1.807, 2.05) is 0 Å². The molecule has 0 bridgehead atoms. The zero-order chi connectivity index (χ0) is 48.2. The quantitative estimate of drug-likeness (QED) is 0.0734. The zero-order valence-corrected chi connectivity index (χ0v) is 48.9. The van der Waals surface area contributed by atoms with E-state index in [0.29, 0.717) is 16.8 Å². The number of amides is 1. The van der Waals surface area contributed by atoms with E-state index in [1.54, 1.807) is 24.3 Å². The van der Waals surface area contributed by atoms with Crippen molar-refractivity contribution in [1.29, 1.82) is 0 Å². The van der Waals surface area contributed by atoms with Crippen molar-refractivity contribution in [3.05, 3.63) is 121 Å². The molecule has 0 saturated carbocycles. The van der Waals surface area contributed by atoms with Crippen LogP contribution in [-0.4, -0.2) is 62.9 Å². The summed E-state index contributed by atoms with van der Waals surface area (Å²) in [4.78, 5) is 8.24. The van der Waals surface area contributed by atoms with E-state index in [2.05, 4.69) is 36.0 Å². The third-order valence-electron chi connectivity index (χ3n) is 9.98. The van der Waals surface area contributed by atoms with Gasteiger partial charge in [0.05, 0.1) is 48.0 Å². The first-order valence-electron chi connectivity index (χ1n) is 18.8. The van der Waals surface area contributed by atoms with Gasteiger partial charge < -0.3 is 28.6 Å². The van der Waals surface area contributed by atoms with Gasteiger partial charge in [-0.25, -0.2) is 33.7 Å². The number of aromatic hydroxyl groups is 1. The Morgan fingerprint density at radius 2 is 0.944 bits per heavy atom. The van der Waals surface area contributed by atoms with Crippen molar-refractivity contribution in [2.24, 2.45) is 30.7 Å². The van der Waals surface area contributed by atoms with Crippen LogP contribution in [0.5, 0.6) is 5.75 Å². The van der Waals surface area contributed by atoms with E-state index < -0.39 is 77.4 Å². The number of benzene rings is 8. The van der Waals surface area contributed by atoms with Crippen LogP contribution in [0, 0.1) is 0 Å². The summed E-state index contributed by atoms with van der Waals surface area (Å²) >= 11 is 0. The van der Waals surface area contributed by atoms with Gasteiger partial charge in [0.25, 0.3) is 0 Å². The number of carbonyl (C=O) groups is 1. The van der Waals surface area contributed by atoms with Gasteiger partial charge in [0.1, 0.15) is 46.2 Å². The Balaban J connectivity index is 0.00000274. The summed E-state index contributed by atoms with van der Waals surface area (Å²) in [6.07, 6.45) is 0. The molecule has 0 radical (unpaired) electrons. The maximum absolute atomic E-state index is 12.3. The van der Waals surface area contributed by atoms with E-state index in [9.17, 15) is 61.8 Å². The third kappa shape index (κ3) is 13.4. The van der Waals surface area contributed by atoms with Gasteiger partial charge in [-0.05, 0) is 89.6 Å². The first-order chi connectivity index (χ1) is 31.5. The molecular weight excluding hydrogens is 1050 g/mol. The SMILES string of the molecule is CC(=O)Nc1ccc2cc(S(=O)(=O)[O-])c(N=Nc3ccc(N=Nc4ccc(N=Nc5ccc6cc(S(=O)(=O)[O-])cc(S(=O)(=O)[O-])c6c5)c5ccc(S(=O)(=O)[O-])cc45)c4ccccc34)c(O)c2c1.[Na+].[Na+].[Na+].[Na+]. The number of fused-ring (bicyclic) bond motifs is 4. The minimum absolute atomic E-state index is 0. The summed E-state index contributed by atoms with van der Waals surface area (Å²) in [5, 5.41) is 40.0. The molecule has 8 rings (SSSR count). The van der Waals surface area contributed by atoms with Crippen molar-refractivity contribution < 1.29 is 180 Å². The van der Waals surface area contributed by atoms with Gasteiger partial charge in [-0.15, -0.1) is 25.6 Å². The number of nitrogens with zero attached hydrogens (tertiary/aromatic N) is 6. The molecule has 21 nitrogen and oxygen atoms in total. The summed E-state index contributed by atoms with van der Waals surface area (Å²) in [6.45, 7) is 1.27. The Morgan fingerprint density at radius 1 is 0.451 bits per heavy atom. The van der Waals surface area contributed by atoms with Gasteiger partial charge in [0.2, 0.25) is 5.91 Å². The molecule has 0 heterocycles. The van der Waals surface area contributed by atoms with Crippen LogP contribution in [0.25, 0.3) is 43.1 Å². The number of phenols is 1. The molecule has 1 amide bonds. The fourth-order valence-electron chi connectivity index (χ4n) is 7.00.